The molecule has 0 radical (unpaired) electrons. The highest BCUT2D eigenvalue weighted by atomic mass is 16.5. The van der Waals surface area contributed by atoms with Crippen LogP contribution < -0.4 is 15.4 Å². The van der Waals surface area contributed by atoms with E-state index in [2.05, 4.69) is 20.8 Å². The molecule has 2 heterocycles. The lowest BCUT2D eigenvalue weighted by Crippen LogP contribution is -2.34. The quantitative estimate of drug-likeness (QED) is 0.752. The molecule has 0 spiro atoms. The Bertz CT molecular complexity index is 967. The molecule has 1 aliphatic rings. The van der Waals surface area contributed by atoms with Crippen LogP contribution in [0.1, 0.15) is 17.3 Å². The van der Waals surface area contributed by atoms with E-state index in [1.165, 1.54) is 6.39 Å². The fourth-order valence-electron chi connectivity index (χ4n) is 2.55. The lowest BCUT2D eigenvalue weighted by molar-refractivity contribution is -0.122. The van der Waals surface area contributed by atoms with Crippen molar-refractivity contribution in [2.75, 3.05) is 10.6 Å². The van der Waals surface area contributed by atoms with E-state index in [0.29, 0.717) is 28.6 Å². The van der Waals surface area contributed by atoms with Gasteiger partial charge < -0.3 is 19.8 Å². The van der Waals surface area contributed by atoms with Gasteiger partial charge in [0.05, 0.1) is 5.69 Å². The summed E-state index contributed by atoms with van der Waals surface area (Å²) in [5.41, 5.74) is 2.27. The van der Waals surface area contributed by atoms with Crippen LogP contribution in [0.4, 0.5) is 11.4 Å². The number of nitrogens with zero attached hydrogens (tertiary/aromatic N) is 2. The van der Waals surface area contributed by atoms with Crippen LogP contribution in [-0.2, 0) is 4.79 Å². The van der Waals surface area contributed by atoms with Crippen molar-refractivity contribution in [3.05, 3.63) is 54.4 Å². The molecular formula is C18H14N4O4. The molecule has 0 bridgehead atoms. The number of anilines is 2. The highest BCUT2D eigenvalue weighted by Gasteiger charge is 2.23. The van der Waals surface area contributed by atoms with Gasteiger partial charge in [-0.3, -0.25) is 9.59 Å². The molecule has 2 aromatic carbocycles. The van der Waals surface area contributed by atoms with Gasteiger partial charge in [0.1, 0.15) is 5.75 Å². The molecule has 8 heteroatoms. The van der Waals surface area contributed by atoms with Crippen LogP contribution in [0.2, 0.25) is 0 Å². The number of ether oxygens (including phenoxy) is 1. The van der Waals surface area contributed by atoms with Crippen molar-refractivity contribution in [2.45, 2.75) is 13.0 Å². The van der Waals surface area contributed by atoms with Crippen molar-refractivity contribution >= 4 is 23.2 Å². The Morgan fingerprint density at radius 1 is 1.19 bits per heavy atom. The standard InChI is InChI=1S/C18H14N4O4/c1-10-16(23)21-14-8-13(6-7-15(14)26-10)20-17(24)11-2-4-12(5-3-11)18-22-19-9-25-18/h2-10H,1H3,(H,20,24)(H,21,23)/t10-/m0/s1. The van der Waals surface area contributed by atoms with E-state index in [0.717, 1.165) is 5.56 Å². The number of carbonyl (C=O) groups is 2. The third kappa shape index (κ3) is 3.00. The maximum absolute atomic E-state index is 12.4. The number of hydrogen-bond donors (Lipinski definition) is 2. The largest absolute Gasteiger partial charge is 0.479 e. The van der Waals surface area contributed by atoms with Gasteiger partial charge in [0.15, 0.2) is 6.10 Å². The van der Waals surface area contributed by atoms with E-state index in [4.69, 9.17) is 9.15 Å². The van der Waals surface area contributed by atoms with E-state index < -0.39 is 6.10 Å². The zero-order chi connectivity index (χ0) is 18.1. The van der Waals surface area contributed by atoms with Gasteiger partial charge >= 0.3 is 0 Å². The molecule has 0 saturated heterocycles. The Morgan fingerprint density at radius 3 is 2.73 bits per heavy atom. The van der Waals surface area contributed by atoms with Crippen LogP contribution in [0.3, 0.4) is 0 Å². The summed E-state index contributed by atoms with van der Waals surface area (Å²) in [5, 5.41) is 13.0. The Hall–Kier alpha value is -3.68. The summed E-state index contributed by atoms with van der Waals surface area (Å²) < 4.78 is 10.6. The summed E-state index contributed by atoms with van der Waals surface area (Å²) in [4.78, 5) is 24.1. The molecule has 0 unspecified atom stereocenters. The van der Waals surface area contributed by atoms with Crippen molar-refractivity contribution in [1.82, 2.24) is 10.2 Å². The first-order valence-electron chi connectivity index (χ1n) is 7.90. The SMILES string of the molecule is C[C@@H]1Oc2ccc(NC(=O)c3ccc(-c4nnco4)cc3)cc2NC1=O. The number of fused-ring (bicyclic) bond motifs is 1. The first-order valence-corrected chi connectivity index (χ1v) is 7.90. The van der Waals surface area contributed by atoms with Gasteiger partial charge in [-0.2, -0.15) is 0 Å². The van der Waals surface area contributed by atoms with Crippen molar-refractivity contribution in [1.29, 1.82) is 0 Å². The molecule has 0 aliphatic carbocycles. The van der Waals surface area contributed by atoms with Crippen molar-refractivity contribution in [3.63, 3.8) is 0 Å². The molecule has 4 rings (SSSR count). The number of amides is 2. The van der Waals surface area contributed by atoms with Gasteiger partial charge in [-0.25, -0.2) is 0 Å². The zero-order valence-corrected chi connectivity index (χ0v) is 13.7. The molecule has 26 heavy (non-hydrogen) atoms. The Morgan fingerprint density at radius 2 is 2.00 bits per heavy atom. The highest BCUT2D eigenvalue weighted by Crippen LogP contribution is 2.32. The smallest absolute Gasteiger partial charge is 0.265 e. The fourth-order valence-corrected chi connectivity index (χ4v) is 2.55. The average Bonchev–Trinajstić information content (AvgIpc) is 3.18. The molecule has 0 saturated carbocycles. The van der Waals surface area contributed by atoms with E-state index in [1.54, 1.807) is 49.4 Å². The minimum Gasteiger partial charge on any atom is -0.479 e. The lowest BCUT2D eigenvalue weighted by atomic mass is 10.1. The predicted octanol–water partition coefficient (Wildman–Crippen LogP) is 2.71. The van der Waals surface area contributed by atoms with Crippen molar-refractivity contribution in [2.24, 2.45) is 0 Å². The third-order valence-electron chi connectivity index (χ3n) is 3.92. The molecular weight excluding hydrogens is 336 g/mol. The Kier molecular flexibility index (Phi) is 3.85. The van der Waals surface area contributed by atoms with E-state index >= 15 is 0 Å². The number of rotatable bonds is 3. The molecule has 130 valence electrons. The minimum atomic E-state index is -0.541. The van der Waals surface area contributed by atoms with Crippen molar-refractivity contribution < 1.29 is 18.7 Å². The average molecular weight is 350 g/mol. The second-order valence-electron chi connectivity index (χ2n) is 5.74. The number of nitrogens with one attached hydrogen (secondary N) is 2. The monoisotopic (exact) mass is 350 g/mol. The molecule has 1 aromatic heterocycles. The second kappa shape index (κ2) is 6.32. The summed E-state index contributed by atoms with van der Waals surface area (Å²) in [6, 6.07) is 11.9. The van der Waals surface area contributed by atoms with E-state index in [1.807, 2.05) is 0 Å². The summed E-state index contributed by atoms with van der Waals surface area (Å²) in [7, 11) is 0. The van der Waals surface area contributed by atoms with Gasteiger partial charge in [-0.1, -0.05) is 0 Å². The fraction of sp³-hybridized carbons (Fsp3) is 0.111. The summed E-state index contributed by atoms with van der Waals surface area (Å²) >= 11 is 0. The lowest BCUT2D eigenvalue weighted by Gasteiger charge is -2.23. The summed E-state index contributed by atoms with van der Waals surface area (Å²) in [6.45, 7) is 1.67. The van der Waals surface area contributed by atoms with Crippen LogP contribution >= 0.6 is 0 Å². The number of carbonyl (C=O) groups excluding carboxylic acids is 2. The van der Waals surface area contributed by atoms with Crippen LogP contribution in [0, 0.1) is 0 Å². The molecule has 0 fully saturated rings. The van der Waals surface area contributed by atoms with Crippen molar-refractivity contribution in [3.8, 4) is 17.2 Å². The molecule has 1 atom stereocenters. The Labute approximate surface area is 148 Å². The minimum absolute atomic E-state index is 0.224. The third-order valence-corrected chi connectivity index (χ3v) is 3.92. The maximum Gasteiger partial charge on any atom is 0.265 e. The maximum atomic E-state index is 12.4. The van der Waals surface area contributed by atoms with Gasteiger partial charge in [-0.05, 0) is 49.4 Å². The topological polar surface area (TPSA) is 106 Å². The molecule has 1 aliphatic heterocycles. The normalized spacial score (nSPS) is 15.6. The number of benzene rings is 2. The predicted molar refractivity (Wildman–Crippen MR) is 92.8 cm³/mol. The van der Waals surface area contributed by atoms with Gasteiger partial charge in [0.25, 0.3) is 11.8 Å². The molecule has 2 amide bonds. The number of aromatic nitrogens is 2. The first kappa shape index (κ1) is 15.8. The second-order valence-corrected chi connectivity index (χ2v) is 5.74. The van der Waals surface area contributed by atoms with Gasteiger partial charge in [-0.15, -0.1) is 10.2 Å². The van der Waals surface area contributed by atoms with Crippen LogP contribution in [0.25, 0.3) is 11.5 Å². The first-order chi connectivity index (χ1) is 12.6. The number of hydrogen-bond acceptors (Lipinski definition) is 6. The van der Waals surface area contributed by atoms with Crippen LogP contribution in [0.5, 0.6) is 5.75 Å². The summed E-state index contributed by atoms with van der Waals surface area (Å²) in [6.07, 6.45) is 0.704. The Balaban J connectivity index is 1.50. The molecule has 2 N–H and O–H groups in total. The van der Waals surface area contributed by atoms with E-state index in [-0.39, 0.29) is 11.8 Å². The molecule has 3 aromatic rings. The highest BCUT2D eigenvalue weighted by molar-refractivity contribution is 6.05. The van der Waals surface area contributed by atoms with Crippen LogP contribution in [-0.4, -0.2) is 28.1 Å². The summed E-state index contributed by atoms with van der Waals surface area (Å²) in [5.74, 6) is 0.451. The van der Waals surface area contributed by atoms with Crippen LogP contribution in [0.15, 0.2) is 53.3 Å². The van der Waals surface area contributed by atoms with Gasteiger partial charge in [0.2, 0.25) is 12.3 Å². The zero-order valence-electron chi connectivity index (χ0n) is 13.7. The van der Waals surface area contributed by atoms with Gasteiger partial charge in [0, 0.05) is 16.8 Å². The van der Waals surface area contributed by atoms with E-state index in [9.17, 15) is 9.59 Å². The molecule has 8 nitrogen and oxygen atoms in total.